The first-order valence-corrected chi connectivity index (χ1v) is 45.1. The molecule has 49 heteroatoms. The van der Waals surface area contributed by atoms with E-state index < -0.39 is 242 Å². The second kappa shape index (κ2) is 60.4. The fraction of sp³-hybridized carbons (Fsp3) is 0.831. The van der Waals surface area contributed by atoms with Crippen molar-refractivity contribution in [2.75, 3.05) is 118 Å². The molecule has 0 spiro atoms. The number of ether oxygens (including phenoxy) is 13. The number of carbonyl (C=O) groups is 8. The van der Waals surface area contributed by atoms with E-state index in [1.165, 1.54) is 4.90 Å². The zero-order valence-corrected chi connectivity index (χ0v) is 73.7. The second-order valence-corrected chi connectivity index (χ2v) is 33.2. The highest BCUT2D eigenvalue weighted by molar-refractivity contribution is 5.84. The first-order valence-electron chi connectivity index (χ1n) is 45.1. The van der Waals surface area contributed by atoms with Gasteiger partial charge in [-0.3, -0.25) is 43.3 Å². The third-order valence-corrected chi connectivity index (χ3v) is 22.9. The lowest BCUT2D eigenvalue weighted by atomic mass is 9.96. The van der Waals surface area contributed by atoms with Gasteiger partial charge in [0.15, 0.2) is 37.7 Å². The van der Waals surface area contributed by atoms with Crippen LogP contribution in [0.25, 0.3) is 0 Å². The van der Waals surface area contributed by atoms with Crippen LogP contribution in [0, 0.1) is 0 Å². The molecule has 6 fully saturated rings. The lowest BCUT2D eigenvalue weighted by molar-refractivity contribution is -0.366. The molecule has 0 bridgehead atoms. The molecule has 27 N–H and O–H groups in total. The molecule has 0 unspecified atom stereocenters. The van der Waals surface area contributed by atoms with Crippen molar-refractivity contribution in [3.05, 3.63) is 35.9 Å². The summed E-state index contributed by atoms with van der Waals surface area (Å²) in [5, 5.41) is 228. The topological polar surface area (TPSA) is 749 Å². The summed E-state index contributed by atoms with van der Waals surface area (Å²) in [6.07, 6.45) is -42.9. The Balaban J connectivity index is 0.735. The predicted octanol–water partition coefficient (Wildman–Crippen LogP) is -11.4. The highest BCUT2D eigenvalue weighted by atomic mass is 16.8. The van der Waals surface area contributed by atoms with Crippen LogP contribution in [0.4, 0.5) is 0 Å². The number of aliphatic hydroxyl groups is 20. The number of hydrogen-bond acceptors (Lipinski definition) is 42. The maximum Gasteiger partial charge on any atom is 0.306 e. The Morgan fingerprint density at radius 2 is 0.553 bits per heavy atom. The van der Waals surface area contributed by atoms with Gasteiger partial charge in [-0.05, 0) is 69.8 Å². The molecule has 758 valence electrons. The Bertz CT molecular complexity index is 3310. The quantitative estimate of drug-likeness (QED) is 0.0213. The van der Waals surface area contributed by atoms with Crippen LogP contribution >= 0.6 is 0 Å². The van der Waals surface area contributed by atoms with Gasteiger partial charge < -0.3 is 201 Å². The van der Waals surface area contributed by atoms with E-state index in [9.17, 15) is 140 Å². The SMILES string of the molecule is O=C(CCCCCNC(=O)CN(CC(=O)NCCCCCC(=O)NCCCCCC(=O)NCCO[C@H]1O[C@H](CO[C@H]2O[C@H](CO)[C@@H](O)[C@H](O)[C@H]2O)[C@@H](O)[C@H](O[C@H]2O[C@H](CO)[C@@H](O)[C@H](O)[C@@H]2O)[C@@H]1O)CC(=O)NCCCCCC(=O)OCc1ccccc1)NCCCCCC(=O)NCCO[C@H]1O[C@H](CO[C@H]2O[C@H](CO)[C@@H](O)[C@H](O)[C@H]2O)[C@@H](O)[C@H](O[C@@H]2O[C@H](CO)[C@@H](O)[C@H](O)[C@@H]2O)[C@@H]1O. The van der Waals surface area contributed by atoms with Crippen LogP contribution in [0.3, 0.4) is 0 Å². The Morgan fingerprint density at radius 1 is 0.280 bits per heavy atom. The lowest BCUT2D eigenvalue weighted by Crippen LogP contribution is -2.65. The largest absolute Gasteiger partial charge is 0.461 e. The maximum atomic E-state index is 13.3. The summed E-state index contributed by atoms with van der Waals surface area (Å²) in [4.78, 5) is 104. The number of nitrogens with zero attached hydrogens (tertiary/aromatic N) is 1. The average Bonchev–Trinajstić information content (AvgIpc) is 0.784. The number of unbranched alkanes of at least 4 members (excludes halogenated alkanes) is 10. The van der Waals surface area contributed by atoms with Crippen molar-refractivity contribution in [1.29, 1.82) is 0 Å². The molecular weight excluding hydrogens is 1760 g/mol. The summed E-state index contributed by atoms with van der Waals surface area (Å²) < 4.78 is 72.4. The summed E-state index contributed by atoms with van der Waals surface area (Å²) in [6, 6.07) is 9.26. The number of nitrogens with one attached hydrogen (secondary N) is 7. The van der Waals surface area contributed by atoms with Gasteiger partial charge in [-0.25, -0.2) is 0 Å². The van der Waals surface area contributed by atoms with Crippen LogP contribution in [0.15, 0.2) is 30.3 Å². The summed E-state index contributed by atoms with van der Waals surface area (Å²) >= 11 is 0. The molecule has 6 aliphatic rings. The van der Waals surface area contributed by atoms with E-state index in [1.807, 2.05) is 30.3 Å². The molecule has 6 saturated heterocycles. The molecule has 49 nitrogen and oxygen atoms in total. The summed E-state index contributed by atoms with van der Waals surface area (Å²) in [7, 11) is 0. The fourth-order valence-electron chi connectivity index (χ4n) is 15.0. The minimum atomic E-state index is -1.95. The van der Waals surface area contributed by atoms with Gasteiger partial charge in [0.25, 0.3) is 0 Å². The summed E-state index contributed by atoms with van der Waals surface area (Å²) in [5.74, 6) is -2.76. The van der Waals surface area contributed by atoms with Crippen molar-refractivity contribution < 1.29 is 202 Å². The molecule has 6 heterocycles. The highest BCUT2D eigenvalue weighted by Crippen LogP contribution is 2.34. The van der Waals surface area contributed by atoms with Crippen LogP contribution in [-0.2, 0) is 107 Å². The van der Waals surface area contributed by atoms with E-state index >= 15 is 0 Å². The monoisotopic (exact) mass is 1900 g/mol. The van der Waals surface area contributed by atoms with E-state index in [1.54, 1.807) is 0 Å². The van der Waals surface area contributed by atoms with Gasteiger partial charge in [-0.15, -0.1) is 0 Å². The molecule has 1 aromatic carbocycles. The number of carbonyl (C=O) groups excluding carboxylic acids is 8. The van der Waals surface area contributed by atoms with Crippen molar-refractivity contribution in [2.45, 2.75) is 319 Å². The number of amides is 7. The Morgan fingerprint density at radius 3 is 0.871 bits per heavy atom. The van der Waals surface area contributed by atoms with Crippen molar-refractivity contribution in [3.63, 3.8) is 0 Å². The van der Waals surface area contributed by atoms with Gasteiger partial charge in [-0.1, -0.05) is 62.4 Å². The molecule has 0 saturated carbocycles. The number of hydrogen-bond donors (Lipinski definition) is 27. The van der Waals surface area contributed by atoms with Crippen LogP contribution in [0.2, 0.25) is 0 Å². The van der Waals surface area contributed by atoms with E-state index in [4.69, 9.17) is 61.6 Å². The second-order valence-electron chi connectivity index (χ2n) is 33.2. The van der Waals surface area contributed by atoms with Gasteiger partial charge in [0.2, 0.25) is 41.4 Å². The third kappa shape index (κ3) is 37.2. The van der Waals surface area contributed by atoms with E-state index in [2.05, 4.69) is 37.2 Å². The minimum absolute atomic E-state index is 0.101. The van der Waals surface area contributed by atoms with Crippen LogP contribution in [-0.4, -0.2) is 457 Å². The van der Waals surface area contributed by atoms with Crippen LogP contribution in [0.1, 0.15) is 134 Å². The number of benzene rings is 1. The number of esters is 1. The highest BCUT2D eigenvalue weighted by Gasteiger charge is 2.55. The van der Waals surface area contributed by atoms with Crippen molar-refractivity contribution in [2.24, 2.45) is 0 Å². The van der Waals surface area contributed by atoms with E-state index in [0.29, 0.717) is 109 Å². The maximum absolute atomic E-state index is 13.3. The zero-order valence-electron chi connectivity index (χ0n) is 73.7. The average molecular weight is 1910 g/mol. The molecule has 7 rings (SSSR count). The first kappa shape index (κ1) is 113. The molecule has 1 aromatic rings. The normalized spacial score (nSPS) is 32.5. The molecule has 7 amide bonds. The predicted molar refractivity (Wildman–Crippen MR) is 446 cm³/mol. The van der Waals surface area contributed by atoms with E-state index in [-0.39, 0.29) is 134 Å². The molecule has 6 aliphatic heterocycles. The molecule has 0 aromatic heterocycles. The zero-order chi connectivity index (χ0) is 96.3. The molecule has 30 atom stereocenters. The number of rotatable bonds is 60. The Kier molecular flexibility index (Phi) is 51.5. The Hall–Kier alpha value is -6.34. The van der Waals surface area contributed by atoms with Gasteiger partial charge in [-0.2, -0.15) is 0 Å². The van der Waals surface area contributed by atoms with Crippen molar-refractivity contribution in [3.8, 4) is 0 Å². The fourth-order valence-corrected chi connectivity index (χ4v) is 15.0. The standard InChI is InChI=1S/C83H140N8O41/c92-38-46-60(104)66(110)70(114)78(125-46)123-43-50-64(108)76(131-82-72(116)68(112)62(106)48(40-94)127-82)74(118)80(129-50)120-33-31-89-54(98)23-11-2-14-26-84-52(96)21-9-4-16-28-86-56(100)35-91(37-58(102)88-30-18-6-13-25-59(103)122-42-45-19-7-1-8-20-45)36-57(101)87-29-17-5-10-22-53(97)85-27-15-3-12-24-55(99)90-32-34-121-81-75(119)77(132-83-73(117)69(113)63(107)49(41-95)128-83)65(109)51(130-81)44-124-79-71(115)67(111)61(105)47(39-93)126-79/h1,7-8,19-20,46-51,60-83,92-95,104-119H,2-6,9-18,21-44H2,(H,84,96)(H,85,97)(H,86,100)(H,87,101)(H,88,102)(H,89,98)(H,90,99)/t46-,47-,48-,49-,50-,51-,60-,61-,62-,63-,64-,65-,66+,67+,68+,69+,70-,71-,72+,73+,74+,75+,76+,77+,78+,79+,80+,81+,82-,83+/m1/s1. The van der Waals surface area contributed by atoms with Crippen LogP contribution < -0.4 is 37.2 Å². The molecule has 0 aliphatic carbocycles. The smallest absolute Gasteiger partial charge is 0.306 e. The molecular formula is C83H140N8O41. The van der Waals surface area contributed by atoms with Gasteiger partial charge in [0, 0.05) is 77.9 Å². The van der Waals surface area contributed by atoms with Crippen molar-refractivity contribution in [1.82, 2.24) is 42.1 Å². The third-order valence-electron chi connectivity index (χ3n) is 22.9. The summed E-state index contributed by atoms with van der Waals surface area (Å²) in [6.45, 7) is -4.56. The molecule has 0 radical (unpaired) electrons. The first-order chi connectivity index (χ1) is 63.3. The van der Waals surface area contributed by atoms with Crippen molar-refractivity contribution >= 4 is 47.3 Å². The Labute approximate surface area is 762 Å². The van der Waals surface area contributed by atoms with Gasteiger partial charge in [0.1, 0.15) is 153 Å². The summed E-state index contributed by atoms with van der Waals surface area (Å²) in [5.41, 5.74) is 0.866. The van der Waals surface area contributed by atoms with Gasteiger partial charge in [0.05, 0.1) is 72.5 Å². The number of aliphatic hydroxyl groups excluding tert-OH is 20. The molecule has 132 heavy (non-hydrogen) atoms. The lowest BCUT2D eigenvalue weighted by Gasteiger charge is -2.46. The minimum Gasteiger partial charge on any atom is -0.461 e. The van der Waals surface area contributed by atoms with Crippen LogP contribution in [0.5, 0.6) is 0 Å². The van der Waals surface area contributed by atoms with E-state index in [0.717, 1.165) is 5.56 Å². The van der Waals surface area contributed by atoms with Gasteiger partial charge >= 0.3 is 5.97 Å².